The van der Waals surface area contributed by atoms with Crippen LogP contribution in [0.5, 0.6) is 0 Å². The molecule has 156 valence electrons. The zero-order valence-corrected chi connectivity index (χ0v) is 16.5. The third-order valence-corrected chi connectivity index (χ3v) is 4.84. The highest BCUT2D eigenvalue weighted by atomic mass is 19.1. The molecule has 4 rings (SSSR count). The van der Waals surface area contributed by atoms with Crippen LogP contribution in [0.1, 0.15) is 23.6 Å². The Kier molecular flexibility index (Phi) is 6.03. The second-order valence-corrected chi connectivity index (χ2v) is 7.05. The van der Waals surface area contributed by atoms with Gasteiger partial charge in [0.05, 0.1) is 5.71 Å². The Morgan fingerprint density at radius 1 is 0.968 bits per heavy atom. The van der Waals surface area contributed by atoms with Gasteiger partial charge in [0.1, 0.15) is 11.9 Å². The first-order valence-corrected chi connectivity index (χ1v) is 9.80. The number of hydrogen-bond donors (Lipinski definition) is 2. The maximum Gasteiger partial charge on any atom is 0.265 e. The van der Waals surface area contributed by atoms with Crippen LogP contribution in [-0.2, 0) is 14.4 Å². The van der Waals surface area contributed by atoms with Crippen molar-refractivity contribution in [2.75, 3.05) is 5.32 Å². The maximum atomic E-state index is 13.5. The molecule has 1 aliphatic rings. The van der Waals surface area contributed by atoms with E-state index in [0.29, 0.717) is 22.5 Å². The summed E-state index contributed by atoms with van der Waals surface area (Å²) >= 11 is 0. The van der Waals surface area contributed by atoms with Crippen LogP contribution in [-0.4, -0.2) is 23.6 Å². The average molecular weight is 417 g/mol. The van der Waals surface area contributed by atoms with E-state index in [9.17, 15) is 14.0 Å². The summed E-state index contributed by atoms with van der Waals surface area (Å²) in [6.45, 7) is 0. The number of benzene rings is 3. The summed E-state index contributed by atoms with van der Waals surface area (Å²) in [5.74, 6) is -1.25. The van der Waals surface area contributed by atoms with E-state index in [2.05, 4.69) is 15.8 Å². The van der Waals surface area contributed by atoms with E-state index in [1.54, 1.807) is 48.5 Å². The number of halogens is 1. The molecular weight excluding hydrogens is 397 g/mol. The molecule has 1 aliphatic heterocycles. The van der Waals surface area contributed by atoms with Gasteiger partial charge < -0.3 is 15.5 Å². The number of carbonyl (C=O) groups excluding carboxylic acids is 2. The van der Waals surface area contributed by atoms with Crippen molar-refractivity contribution < 1.29 is 18.8 Å². The molecule has 2 unspecified atom stereocenters. The minimum Gasteiger partial charge on any atom is -0.382 e. The molecular formula is C24H20FN3O3. The van der Waals surface area contributed by atoms with Gasteiger partial charge in [0.15, 0.2) is 0 Å². The summed E-state index contributed by atoms with van der Waals surface area (Å²) in [7, 11) is 0. The Morgan fingerprint density at radius 3 is 2.39 bits per heavy atom. The first-order valence-electron chi connectivity index (χ1n) is 9.80. The fourth-order valence-electron chi connectivity index (χ4n) is 3.27. The van der Waals surface area contributed by atoms with Crippen LogP contribution in [0.15, 0.2) is 90.1 Å². The van der Waals surface area contributed by atoms with Gasteiger partial charge in [0.25, 0.3) is 11.8 Å². The number of nitrogens with one attached hydrogen (secondary N) is 2. The summed E-state index contributed by atoms with van der Waals surface area (Å²) < 4.78 is 13.5. The predicted molar refractivity (Wildman–Crippen MR) is 115 cm³/mol. The molecule has 0 saturated heterocycles. The number of carbonyl (C=O) groups is 2. The molecule has 2 amide bonds. The monoisotopic (exact) mass is 417 g/mol. The number of anilines is 1. The van der Waals surface area contributed by atoms with Gasteiger partial charge in [-0.3, -0.25) is 9.59 Å². The van der Waals surface area contributed by atoms with Gasteiger partial charge in [-0.15, -0.1) is 0 Å². The minimum atomic E-state index is -0.921. The Labute approximate surface area is 178 Å². The van der Waals surface area contributed by atoms with Crippen molar-refractivity contribution in [3.63, 3.8) is 0 Å². The molecule has 0 spiro atoms. The molecule has 3 aromatic rings. The molecule has 0 radical (unpaired) electrons. The summed E-state index contributed by atoms with van der Waals surface area (Å²) in [6, 6.07) is 23.0. The maximum absolute atomic E-state index is 13.5. The molecule has 0 fully saturated rings. The van der Waals surface area contributed by atoms with E-state index in [0.717, 1.165) is 0 Å². The standard InChI is InChI=1S/C24H20FN3O3/c25-18-11-7-10-17(14-18)20-15-21(31-28-20)23(29)27-22(16-8-3-1-4-9-16)24(30)26-19-12-5-2-6-13-19/h1-14,21-22H,15H2,(H,26,30)(H,27,29). The zero-order valence-electron chi connectivity index (χ0n) is 16.5. The van der Waals surface area contributed by atoms with Crippen LogP contribution in [0.4, 0.5) is 10.1 Å². The predicted octanol–water partition coefficient (Wildman–Crippen LogP) is 3.81. The first kappa shape index (κ1) is 20.3. The van der Waals surface area contributed by atoms with Gasteiger partial charge >= 0.3 is 0 Å². The molecule has 7 heteroatoms. The molecule has 0 aromatic heterocycles. The van der Waals surface area contributed by atoms with E-state index in [4.69, 9.17) is 4.84 Å². The van der Waals surface area contributed by atoms with Crippen LogP contribution in [0.2, 0.25) is 0 Å². The topological polar surface area (TPSA) is 79.8 Å². The van der Waals surface area contributed by atoms with Gasteiger partial charge in [-0.2, -0.15) is 0 Å². The van der Waals surface area contributed by atoms with E-state index >= 15 is 0 Å². The molecule has 2 N–H and O–H groups in total. The molecule has 3 aromatic carbocycles. The quantitative estimate of drug-likeness (QED) is 0.640. The number of amides is 2. The number of rotatable bonds is 6. The molecule has 0 bridgehead atoms. The van der Waals surface area contributed by atoms with Crippen molar-refractivity contribution in [2.45, 2.75) is 18.6 Å². The van der Waals surface area contributed by atoms with Crippen LogP contribution >= 0.6 is 0 Å². The van der Waals surface area contributed by atoms with E-state index in [1.807, 2.05) is 24.3 Å². The van der Waals surface area contributed by atoms with Crippen molar-refractivity contribution in [3.05, 3.63) is 102 Å². The van der Waals surface area contributed by atoms with Gasteiger partial charge in [0, 0.05) is 17.7 Å². The Bertz CT molecular complexity index is 1100. The Hall–Kier alpha value is -4.00. The second kappa shape index (κ2) is 9.21. The molecule has 6 nitrogen and oxygen atoms in total. The average Bonchev–Trinajstić information content (AvgIpc) is 3.29. The van der Waals surface area contributed by atoms with Crippen LogP contribution < -0.4 is 10.6 Å². The number of nitrogens with zero attached hydrogens (tertiary/aromatic N) is 1. The highest BCUT2D eigenvalue weighted by molar-refractivity contribution is 6.05. The van der Waals surface area contributed by atoms with Crippen LogP contribution in [0.25, 0.3) is 0 Å². The third kappa shape index (κ3) is 4.95. The number of hydrogen-bond acceptors (Lipinski definition) is 4. The smallest absolute Gasteiger partial charge is 0.265 e. The number of oxime groups is 1. The van der Waals surface area contributed by atoms with Gasteiger partial charge in [-0.1, -0.05) is 65.8 Å². The summed E-state index contributed by atoms with van der Waals surface area (Å²) in [4.78, 5) is 31.1. The van der Waals surface area contributed by atoms with E-state index in [-0.39, 0.29) is 12.3 Å². The molecule has 2 atom stereocenters. The van der Waals surface area contributed by atoms with E-state index in [1.165, 1.54) is 12.1 Å². The fourth-order valence-corrected chi connectivity index (χ4v) is 3.27. The van der Waals surface area contributed by atoms with Crippen molar-refractivity contribution in [1.82, 2.24) is 5.32 Å². The summed E-state index contributed by atoms with van der Waals surface area (Å²) in [6.07, 6.45) is -0.731. The lowest BCUT2D eigenvalue weighted by Crippen LogP contribution is -2.42. The van der Waals surface area contributed by atoms with Gasteiger partial charge in [-0.25, -0.2) is 4.39 Å². The van der Waals surface area contributed by atoms with Crippen LogP contribution in [0, 0.1) is 5.82 Å². The lowest BCUT2D eigenvalue weighted by molar-refractivity contribution is -0.134. The zero-order chi connectivity index (χ0) is 21.6. The third-order valence-electron chi connectivity index (χ3n) is 4.84. The van der Waals surface area contributed by atoms with Gasteiger partial charge in [-0.05, 0) is 29.8 Å². The Balaban J connectivity index is 1.47. The highest BCUT2D eigenvalue weighted by Gasteiger charge is 2.32. The Morgan fingerprint density at radius 2 is 1.68 bits per heavy atom. The van der Waals surface area contributed by atoms with Crippen molar-refractivity contribution in [2.24, 2.45) is 5.16 Å². The SMILES string of the molecule is O=C(NC(C(=O)Nc1ccccc1)c1ccccc1)C1CC(c2cccc(F)c2)=NO1. The largest absolute Gasteiger partial charge is 0.382 e. The minimum absolute atomic E-state index is 0.178. The molecule has 1 heterocycles. The lowest BCUT2D eigenvalue weighted by Gasteiger charge is -2.20. The number of para-hydroxylation sites is 1. The van der Waals surface area contributed by atoms with Crippen LogP contribution in [0.3, 0.4) is 0 Å². The fraction of sp³-hybridized carbons (Fsp3) is 0.125. The van der Waals surface area contributed by atoms with Crippen molar-refractivity contribution >= 4 is 23.2 Å². The van der Waals surface area contributed by atoms with Gasteiger partial charge in [0.2, 0.25) is 6.10 Å². The molecule has 0 aliphatic carbocycles. The van der Waals surface area contributed by atoms with Crippen molar-refractivity contribution in [3.8, 4) is 0 Å². The van der Waals surface area contributed by atoms with E-state index < -0.39 is 23.9 Å². The molecule has 31 heavy (non-hydrogen) atoms. The van der Waals surface area contributed by atoms with Crippen molar-refractivity contribution in [1.29, 1.82) is 0 Å². The normalized spacial score (nSPS) is 16.0. The second-order valence-electron chi connectivity index (χ2n) is 7.05. The summed E-state index contributed by atoms with van der Waals surface area (Å²) in [5.41, 5.74) is 2.28. The summed E-state index contributed by atoms with van der Waals surface area (Å²) in [5, 5.41) is 9.50. The highest BCUT2D eigenvalue weighted by Crippen LogP contribution is 2.21. The first-order chi connectivity index (χ1) is 15.1. The molecule has 0 saturated carbocycles. The lowest BCUT2D eigenvalue weighted by atomic mass is 10.0.